The summed E-state index contributed by atoms with van der Waals surface area (Å²) < 4.78 is 17.5. The Bertz CT molecular complexity index is 1390. The summed E-state index contributed by atoms with van der Waals surface area (Å²) in [6.45, 7) is 4.02. The molecule has 0 bridgehead atoms. The molecule has 9 heteroatoms. The number of fused-ring (bicyclic) bond motifs is 3. The van der Waals surface area contributed by atoms with Gasteiger partial charge in [0.2, 0.25) is 0 Å². The van der Waals surface area contributed by atoms with Crippen LogP contribution in [0.15, 0.2) is 52.6 Å². The molecule has 1 aliphatic heterocycles. The van der Waals surface area contributed by atoms with Gasteiger partial charge in [0.1, 0.15) is 28.9 Å². The predicted octanol–water partition coefficient (Wildman–Crippen LogP) is 2.61. The normalized spacial score (nSPS) is 15.0. The van der Waals surface area contributed by atoms with E-state index >= 15 is 0 Å². The van der Waals surface area contributed by atoms with Crippen LogP contribution < -0.4 is 15.0 Å². The summed E-state index contributed by atoms with van der Waals surface area (Å²) in [5, 5.41) is 5.20. The summed E-state index contributed by atoms with van der Waals surface area (Å²) in [6.07, 6.45) is 3.09. The lowest BCUT2D eigenvalue weighted by Crippen LogP contribution is -2.35. The Hall–Kier alpha value is -3.69. The van der Waals surface area contributed by atoms with E-state index in [-0.39, 0.29) is 5.56 Å². The third-order valence-electron chi connectivity index (χ3n) is 5.83. The molecule has 170 valence electrons. The van der Waals surface area contributed by atoms with Crippen LogP contribution in [0.2, 0.25) is 0 Å². The van der Waals surface area contributed by atoms with E-state index in [1.54, 1.807) is 20.4 Å². The standard InChI is InChI=1S/C24H25N5O4/c1-31-18-4-5-20-19(12-18)22-23(27-20)24(30)29(15-25-22)26-13-16-3-6-21(32-2)17(11-16)14-28-7-9-33-10-8-28/h3-6,11-13,15,27H,7-10,14H2,1-2H3/b26-13-. The minimum absolute atomic E-state index is 0.270. The van der Waals surface area contributed by atoms with Gasteiger partial charge in [-0.25, -0.2) is 4.98 Å². The van der Waals surface area contributed by atoms with Crippen molar-refractivity contribution in [1.29, 1.82) is 0 Å². The highest BCUT2D eigenvalue weighted by atomic mass is 16.5. The van der Waals surface area contributed by atoms with Crippen molar-refractivity contribution < 1.29 is 14.2 Å². The molecule has 9 nitrogen and oxygen atoms in total. The number of aromatic amines is 1. The zero-order valence-corrected chi connectivity index (χ0v) is 18.6. The first-order chi connectivity index (χ1) is 16.2. The van der Waals surface area contributed by atoms with Gasteiger partial charge >= 0.3 is 0 Å². The van der Waals surface area contributed by atoms with Crippen molar-refractivity contribution in [3.8, 4) is 11.5 Å². The Balaban J connectivity index is 1.45. The van der Waals surface area contributed by atoms with E-state index in [1.807, 2.05) is 36.4 Å². The Kier molecular flexibility index (Phi) is 5.80. The number of nitrogens with zero attached hydrogens (tertiary/aromatic N) is 4. The molecule has 3 heterocycles. The molecule has 1 aliphatic rings. The summed E-state index contributed by atoms with van der Waals surface area (Å²) in [6, 6.07) is 11.4. The number of hydrogen-bond donors (Lipinski definition) is 1. The summed E-state index contributed by atoms with van der Waals surface area (Å²) in [4.78, 5) is 23.0. The van der Waals surface area contributed by atoms with Gasteiger partial charge in [0, 0.05) is 36.1 Å². The second kappa shape index (κ2) is 9.05. The first-order valence-electron chi connectivity index (χ1n) is 10.7. The number of morpholine rings is 1. The molecule has 5 rings (SSSR count). The molecule has 0 aliphatic carbocycles. The van der Waals surface area contributed by atoms with Crippen LogP contribution in [0.3, 0.4) is 0 Å². The van der Waals surface area contributed by atoms with Crippen LogP contribution in [0.25, 0.3) is 21.9 Å². The molecule has 4 aromatic rings. The van der Waals surface area contributed by atoms with Gasteiger partial charge in [-0.2, -0.15) is 9.78 Å². The molecule has 0 spiro atoms. The van der Waals surface area contributed by atoms with Crippen LogP contribution in [-0.4, -0.2) is 66.3 Å². The Morgan fingerprint density at radius 3 is 2.79 bits per heavy atom. The SMILES string of the molecule is COc1ccc2[nH]c3c(=O)n(/N=C\c4ccc(OC)c(CN5CCOCC5)c4)cnc3c2c1. The fraction of sp³-hybridized carbons (Fsp3) is 0.292. The maximum absolute atomic E-state index is 13.0. The number of methoxy groups -OCH3 is 2. The maximum atomic E-state index is 13.0. The average Bonchev–Trinajstić information content (AvgIpc) is 3.23. The predicted molar refractivity (Wildman–Crippen MR) is 126 cm³/mol. The number of aromatic nitrogens is 3. The highest BCUT2D eigenvalue weighted by molar-refractivity contribution is 6.04. The van der Waals surface area contributed by atoms with Crippen LogP contribution >= 0.6 is 0 Å². The topological polar surface area (TPSA) is 94.0 Å². The molecule has 0 amide bonds. The highest BCUT2D eigenvalue weighted by Gasteiger charge is 2.14. The van der Waals surface area contributed by atoms with Crippen molar-refractivity contribution in [3.63, 3.8) is 0 Å². The monoisotopic (exact) mass is 447 g/mol. The molecular weight excluding hydrogens is 422 g/mol. The molecule has 0 radical (unpaired) electrons. The zero-order valence-electron chi connectivity index (χ0n) is 18.6. The summed E-state index contributed by atoms with van der Waals surface area (Å²) >= 11 is 0. The third-order valence-corrected chi connectivity index (χ3v) is 5.83. The number of nitrogens with one attached hydrogen (secondary N) is 1. The van der Waals surface area contributed by atoms with Crippen molar-refractivity contribution in [3.05, 3.63) is 64.2 Å². The molecule has 1 saturated heterocycles. The minimum atomic E-state index is -0.270. The smallest absolute Gasteiger partial charge is 0.298 e. The molecule has 0 saturated carbocycles. The second-order valence-corrected chi connectivity index (χ2v) is 7.86. The molecular formula is C24H25N5O4. The Labute approximate surface area is 190 Å². The lowest BCUT2D eigenvalue weighted by molar-refractivity contribution is 0.0339. The number of rotatable bonds is 6. The van der Waals surface area contributed by atoms with Gasteiger partial charge in [0.15, 0.2) is 0 Å². The van der Waals surface area contributed by atoms with Gasteiger partial charge in [-0.15, -0.1) is 0 Å². The van der Waals surface area contributed by atoms with E-state index in [9.17, 15) is 4.79 Å². The van der Waals surface area contributed by atoms with Crippen molar-refractivity contribution in [1.82, 2.24) is 19.5 Å². The van der Waals surface area contributed by atoms with E-state index in [4.69, 9.17) is 14.2 Å². The summed E-state index contributed by atoms with van der Waals surface area (Å²) in [5.74, 6) is 1.53. The number of ether oxygens (including phenoxy) is 3. The van der Waals surface area contributed by atoms with Gasteiger partial charge in [0.05, 0.1) is 33.6 Å². The average molecular weight is 447 g/mol. The molecule has 1 N–H and O–H groups in total. The molecule has 33 heavy (non-hydrogen) atoms. The van der Waals surface area contributed by atoms with E-state index in [1.165, 1.54) is 11.0 Å². The molecule has 0 unspecified atom stereocenters. The zero-order chi connectivity index (χ0) is 22.8. The van der Waals surface area contributed by atoms with E-state index in [0.717, 1.165) is 60.6 Å². The van der Waals surface area contributed by atoms with Gasteiger partial charge < -0.3 is 19.2 Å². The van der Waals surface area contributed by atoms with Gasteiger partial charge in [-0.3, -0.25) is 9.69 Å². The van der Waals surface area contributed by atoms with E-state index in [0.29, 0.717) is 16.8 Å². The van der Waals surface area contributed by atoms with Crippen LogP contribution in [0.5, 0.6) is 11.5 Å². The Morgan fingerprint density at radius 2 is 2.00 bits per heavy atom. The van der Waals surface area contributed by atoms with Crippen LogP contribution in [-0.2, 0) is 11.3 Å². The van der Waals surface area contributed by atoms with Crippen molar-refractivity contribution >= 4 is 28.2 Å². The molecule has 1 fully saturated rings. The van der Waals surface area contributed by atoms with Crippen LogP contribution in [0.1, 0.15) is 11.1 Å². The quantitative estimate of drug-likeness (QED) is 0.457. The van der Waals surface area contributed by atoms with Crippen molar-refractivity contribution in [2.75, 3.05) is 40.5 Å². The van der Waals surface area contributed by atoms with Gasteiger partial charge in [-0.1, -0.05) is 0 Å². The van der Waals surface area contributed by atoms with Gasteiger partial charge in [-0.05, 0) is 42.0 Å². The number of H-pyrrole nitrogens is 1. The maximum Gasteiger partial charge on any atom is 0.298 e. The molecule has 2 aromatic carbocycles. The van der Waals surface area contributed by atoms with Crippen LogP contribution in [0.4, 0.5) is 0 Å². The van der Waals surface area contributed by atoms with Crippen molar-refractivity contribution in [2.45, 2.75) is 6.54 Å². The minimum Gasteiger partial charge on any atom is -0.497 e. The molecule has 0 atom stereocenters. The first-order valence-corrected chi connectivity index (χ1v) is 10.7. The van der Waals surface area contributed by atoms with Gasteiger partial charge in [0.25, 0.3) is 5.56 Å². The molecule has 2 aromatic heterocycles. The fourth-order valence-electron chi connectivity index (χ4n) is 4.07. The summed E-state index contributed by atoms with van der Waals surface area (Å²) in [7, 11) is 3.28. The number of hydrogen-bond acceptors (Lipinski definition) is 7. The Morgan fingerprint density at radius 1 is 1.15 bits per heavy atom. The van der Waals surface area contributed by atoms with Crippen molar-refractivity contribution in [2.24, 2.45) is 5.10 Å². The summed E-state index contributed by atoms with van der Waals surface area (Å²) in [5.41, 5.74) is 3.48. The van der Waals surface area contributed by atoms with E-state index < -0.39 is 0 Å². The third kappa shape index (κ3) is 4.20. The first kappa shape index (κ1) is 21.2. The second-order valence-electron chi connectivity index (χ2n) is 7.86. The lowest BCUT2D eigenvalue weighted by atomic mass is 10.1. The van der Waals surface area contributed by atoms with Crippen LogP contribution in [0, 0.1) is 0 Å². The lowest BCUT2D eigenvalue weighted by Gasteiger charge is -2.27. The van der Waals surface area contributed by atoms with E-state index in [2.05, 4.69) is 20.0 Å². The fourth-order valence-corrected chi connectivity index (χ4v) is 4.07. The largest absolute Gasteiger partial charge is 0.497 e. The number of benzene rings is 2. The highest BCUT2D eigenvalue weighted by Crippen LogP contribution is 2.26.